The van der Waals surface area contributed by atoms with Gasteiger partial charge >= 0.3 is 0 Å². The van der Waals surface area contributed by atoms with Gasteiger partial charge in [0.05, 0.1) is 19.2 Å². The molecule has 1 N–H and O–H groups in total. The number of carbonyl (C=O) groups is 1. The van der Waals surface area contributed by atoms with Crippen molar-refractivity contribution in [2.75, 3.05) is 26.8 Å². The van der Waals surface area contributed by atoms with Gasteiger partial charge in [-0.1, -0.05) is 0 Å². The van der Waals surface area contributed by atoms with E-state index in [2.05, 4.69) is 5.32 Å². The molecule has 0 aromatic rings. The molecule has 15 heavy (non-hydrogen) atoms. The molecule has 1 saturated carbocycles. The summed E-state index contributed by atoms with van der Waals surface area (Å²) >= 11 is 0. The third-order valence-electron chi connectivity index (χ3n) is 2.72. The van der Waals surface area contributed by atoms with E-state index < -0.39 is 0 Å². The maximum atomic E-state index is 11.8. The van der Waals surface area contributed by atoms with Crippen LogP contribution in [0.25, 0.3) is 0 Å². The number of rotatable bonds is 7. The Balaban J connectivity index is 2.30. The normalized spacial score (nSPS) is 17.5. The van der Waals surface area contributed by atoms with Gasteiger partial charge < -0.3 is 15.0 Å². The summed E-state index contributed by atoms with van der Waals surface area (Å²) in [6, 6.07) is 0.749. The number of hydrogen-bond donors (Lipinski definition) is 1. The molecular weight excluding hydrogens is 192 g/mol. The topological polar surface area (TPSA) is 41.6 Å². The van der Waals surface area contributed by atoms with Crippen LogP contribution in [0.4, 0.5) is 0 Å². The predicted molar refractivity (Wildman–Crippen MR) is 59.7 cm³/mol. The van der Waals surface area contributed by atoms with Gasteiger partial charge in [0.15, 0.2) is 0 Å². The van der Waals surface area contributed by atoms with Crippen LogP contribution in [0.15, 0.2) is 0 Å². The van der Waals surface area contributed by atoms with Gasteiger partial charge in [-0.25, -0.2) is 0 Å². The van der Waals surface area contributed by atoms with Crippen molar-refractivity contribution in [2.45, 2.75) is 38.8 Å². The van der Waals surface area contributed by atoms with Gasteiger partial charge in [0.1, 0.15) is 0 Å². The lowest BCUT2D eigenvalue weighted by Crippen LogP contribution is -2.45. The molecule has 4 nitrogen and oxygen atoms in total. The van der Waals surface area contributed by atoms with E-state index in [9.17, 15) is 4.79 Å². The van der Waals surface area contributed by atoms with Crippen molar-refractivity contribution < 1.29 is 9.53 Å². The lowest BCUT2D eigenvalue weighted by Gasteiger charge is -2.27. The summed E-state index contributed by atoms with van der Waals surface area (Å²) in [7, 11) is 1.66. The van der Waals surface area contributed by atoms with Crippen LogP contribution >= 0.6 is 0 Å². The molecule has 0 aromatic carbocycles. The first-order chi connectivity index (χ1) is 7.19. The molecule has 1 aliphatic rings. The lowest BCUT2D eigenvalue weighted by molar-refractivity contribution is -0.133. The van der Waals surface area contributed by atoms with Gasteiger partial charge in [0.25, 0.3) is 0 Å². The Hall–Kier alpha value is -0.610. The Morgan fingerprint density at radius 3 is 2.73 bits per heavy atom. The molecule has 88 valence electrons. The molecule has 4 heteroatoms. The standard InChI is InChI=1S/C11H22N2O2/c1-4-13(9(2)8-15-3)11(14)7-12-10-5-6-10/h9-10,12H,4-8H2,1-3H3. The van der Waals surface area contributed by atoms with E-state index in [-0.39, 0.29) is 11.9 Å². The van der Waals surface area contributed by atoms with Crippen molar-refractivity contribution in [1.29, 1.82) is 0 Å². The van der Waals surface area contributed by atoms with Crippen molar-refractivity contribution in [3.63, 3.8) is 0 Å². The third-order valence-corrected chi connectivity index (χ3v) is 2.72. The molecule has 1 atom stereocenters. The number of hydrogen-bond acceptors (Lipinski definition) is 3. The van der Waals surface area contributed by atoms with E-state index in [1.165, 1.54) is 12.8 Å². The summed E-state index contributed by atoms with van der Waals surface area (Å²) in [5.74, 6) is 0.175. The monoisotopic (exact) mass is 214 g/mol. The predicted octanol–water partition coefficient (Wildman–Crippen LogP) is 0.622. The maximum absolute atomic E-state index is 11.8. The summed E-state index contributed by atoms with van der Waals surface area (Å²) in [6.07, 6.45) is 2.43. The van der Waals surface area contributed by atoms with Crippen LogP contribution in [-0.2, 0) is 9.53 Å². The van der Waals surface area contributed by atoms with Gasteiger partial charge in [-0.3, -0.25) is 4.79 Å². The minimum Gasteiger partial charge on any atom is -0.383 e. The quantitative estimate of drug-likeness (QED) is 0.675. The van der Waals surface area contributed by atoms with E-state index in [0.29, 0.717) is 19.2 Å². The second kappa shape index (κ2) is 6.08. The molecule has 0 aliphatic heterocycles. The zero-order valence-corrected chi connectivity index (χ0v) is 9.95. The molecule has 1 fully saturated rings. The van der Waals surface area contributed by atoms with Crippen LogP contribution in [0.5, 0.6) is 0 Å². The van der Waals surface area contributed by atoms with Crippen LogP contribution in [0, 0.1) is 0 Å². The first-order valence-corrected chi connectivity index (χ1v) is 5.70. The minimum absolute atomic E-state index is 0.161. The Labute approximate surface area is 92.0 Å². The van der Waals surface area contributed by atoms with E-state index in [0.717, 1.165) is 6.54 Å². The minimum atomic E-state index is 0.161. The molecule has 1 aliphatic carbocycles. The summed E-state index contributed by atoms with van der Waals surface area (Å²) in [5, 5.41) is 3.24. The van der Waals surface area contributed by atoms with Crippen LogP contribution in [0.3, 0.4) is 0 Å². The van der Waals surface area contributed by atoms with Crippen LogP contribution in [-0.4, -0.2) is 49.7 Å². The highest BCUT2D eigenvalue weighted by atomic mass is 16.5. The lowest BCUT2D eigenvalue weighted by atomic mass is 10.3. The Kier molecular flexibility index (Phi) is 5.05. The zero-order valence-electron chi connectivity index (χ0n) is 9.95. The van der Waals surface area contributed by atoms with Crippen LogP contribution < -0.4 is 5.32 Å². The first kappa shape index (κ1) is 12.5. The molecular formula is C11H22N2O2. The Morgan fingerprint density at radius 1 is 1.60 bits per heavy atom. The number of nitrogens with one attached hydrogen (secondary N) is 1. The highest BCUT2D eigenvalue weighted by Crippen LogP contribution is 2.18. The smallest absolute Gasteiger partial charge is 0.236 e. The fraction of sp³-hybridized carbons (Fsp3) is 0.909. The van der Waals surface area contributed by atoms with Gasteiger partial charge in [-0.2, -0.15) is 0 Å². The van der Waals surface area contributed by atoms with E-state index >= 15 is 0 Å². The van der Waals surface area contributed by atoms with E-state index in [1.807, 2.05) is 18.7 Å². The number of methoxy groups -OCH3 is 1. The molecule has 0 radical (unpaired) electrons. The molecule has 0 spiro atoms. The summed E-state index contributed by atoms with van der Waals surface area (Å²) in [5.41, 5.74) is 0. The average Bonchev–Trinajstić information content (AvgIpc) is 2.99. The first-order valence-electron chi connectivity index (χ1n) is 5.70. The van der Waals surface area contributed by atoms with Crippen LogP contribution in [0.1, 0.15) is 26.7 Å². The highest BCUT2D eigenvalue weighted by Gasteiger charge is 2.23. The number of likely N-dealkylation sites (N-methyl/N-ethyl adjacent to an activating group) is 1. The molecule has 1 amide bonds. The van der Waals surface area contributed by atoms with Crippen molar-refractivity contribution in [1.82, 2.24) is 10.2 Å². The van der Waals surface area contributed by atoms with Gasteiger partial charge in [0, 0.05) is 19.7 Å². The summed E-state index contributed by atoms with van der Waals surface area (Å²) < 4.78 is 5.06. The molecule has 1 rings (SSSR count). The molecule has 0 bridgehead atoms. The Bertz CT molecular complexity index is 205. The summed E-state index contributed by atoms with van der Waals surface area (Å²) in [6.45, 7) is 5.83. The fourth-order valence-electron chi connectivity index (χ4n) is 1.69. The number of carbonyl (C=O) groups excluding carboxylic acids is 1. The second-order valence-corrected chi connectivity index (χ2v) is 4.14. The molecule has 0 heterocycles. The van der Waals surface area contributed by atoms with Gasteiger partial charge in [-0.15, -0.1) is 0 Å². The fourth-order valence-corrected chi connectivity index (χ4v) is 1.69. The van der Waals surface area contributed by atoms with Gasteiger partial charge in [0.2, 0.25) is 5.91 Å². The largest absolute Gasteiger partial charge is 0.383 e. The SMILES string of the molecule is CCN(C(=O)CNC1CC1)C(C)COC. The Morgan fingerprint density at radius 2 is 2.27 bits per heavy atom. The zero-order chi connectivity index (χ0) is 11.3. The molecule has 0 aromatic heterocycles. The van der Waals surface area contributed by atoms with Crippen LogP contribution in [0.2, 0.25) is 0 Å². The summed E-state index contributed by atoms with van der Waals surface area (Å²) in [4.78, 5) is 13.7. The van der Waals surface area contributed by atoms with Crippen molar-refractivity contribution in [2.24, 2.45) is 0 Å². The number of nitrogens with zero attached hydrogens (tertiary/aromatic N) is 1. The second-order valence-electron chi connectivity index (χ2n) is 4.14. The van der Waals surface area contributed by atoms with Crippen molar-refractivity contribution in [3.05, 3.63) is 0 Å². The van der Waals surface area contributed by atoms with E-state index in [4.69, 9.17) is 4.74 Å². The highest BCUT2D eigenvalue weighted by molar-refractivity contribution is 5.78. The molecule has 0 saturated heterocycles. The maximum Gasteiger partial charge on any atom is 0.236 e. The number of ether oxygens (including phenoxy) is 1. The van der Waals surface area contributed by atoms with Crippen molar-refractivity contribution in [3.8, 4) is 0 Å². The van der Waals surface area contributed by atoms with Gasteiger partial charge in [-0.05, 0) is 26.7 Å². The average molecular weight is 214 g/mol. The third kappa shape index (κ3) is 4.18. The van der Waals surface area contributed by atoms with E-state index in [1.54, 1.807) is 7.11 Å². The van der Waals surface area contributed by atoms with Crippen molar-refractivity contribution >= 4 is 5.91 Å². The number of amides is 1. The molecule has 1 unspecified atom stereocenters.